The van der Waals surface area contributed by atoms with Gasteiger partial charge in [-0.3, -0.25) is 0 Å². The Labute approximate surface area is 108 Å². The summed E-state index contributed by atoms with van der Waals surface area (Å²) < 4.78 is 14.0. The summed E-state index contributed by atoms with van der Waals surface area (Å²) in [5.41, 5.74) is 7.27. The standard InChI is InChI=1S/C14H22FN3/c1-17-8-6-12(7-9-17)18(2)14-11(10-16)4-3-5-13(14)15/h3-5,12H,6-10,16H2,1-2H3. The van der Waals surface area contributed by atoms with Gasteiger partial charge >= 0.3 is 0 Å². The Morgan fingerprint density at radius 3 is 2.67 bits per heavy atom. The number of likely N-dealkylation sites (tertiary alicyclic amines) is 1. The van der Waals surface area contributed by atoms with Gasteiger partial charge in [-0.15, -0.1) is 0 Å². The summed E-state index contributed by atoms with van der Waals surface area (Å²) in [6, 6.07) is 5.55. The monoisotopic (exact) mass is 251 g/mol. The minimum atomic E-state index is -0.167. The van der Waals surface area contributed by atoms with Crippen molar-refractivity contribution in [2.45, 2.75) is 25.4 Å². The maximum Gasteiger partial charge on any atom is 0.146 e. The van der Waals surface area contributed by atoms with Crippen LogP contribution in [0.25, 0.3) is 0 Å². The van der Waals surface area contributed by atoms with Crippen molar-refractivity contribution in [1.29, 1.82) is 0 Å². The van der Waals surface area contributed by atoms with E-state index in [1.54, 1.807) is 6.07 Å². The Morgan fingerprint density at radius 1 is 1.39 bits per heavy atom. The third-order valence-corrected chi connectivity index (χ3v) is 3.88. The normalized spacial score (nSPS) is 18.0. The number of nitrogens with two attached hydrogens (primary N) is 1. The first-order valence-electron chi connectivity index (χ1n) is 6.52. The first-order chi connectivity index (χ1) is 8.63. The van der Waals surface area contributed by atoms with Gasteiger partial charge in [0.15, 0.2) is 0 Å². The molecule has 1 aliphatic rings. The molecule has 1 aromatic carbocycles. The minimum Gasteiger partial charge on any atom is -0.369 e. The predicted octanol–water partition coefficient (Wildman–Crippen LogP) is 1.81. The summed E-state index contributed by atoms with van der Waals surface area (Å²) in [5.74, 6) is -0.167. The quantitative estimate of drug-likeness (QED) is 0.889. The van der Waals surface area contributed by atoms with Crippen molar-refractivity contribution in [3.63, 3.8) is 0 Å². The lowest BCUT2D eigenvalue weighted by Crippen LogP contribution is -2.42. The molecule has 1 saturated heterocycles. The molecular weight excluding hydrogens is 229 g/mol. The zero-order valence-corrected chi connectivity index (χ0v) is 11.2. The van der Waals surface area contributed by atoms with Crippen molar-refractivity contribution in [2.75, 3.05) is 32.1 Å². The van der Waals surface area contributed by atoms with Crippen molar-refractivity contribution >= 4 is 5.69 Å². The van der Waals surface area contributed by atoms with E-state index in [4.69, 9.17) is 5.73 Å². The summed E-state index contributed by atoms with van der Waals surface area (Å²) in [6.07, 6.45) is 2.15. The highest BCUT2D eigenvalue weighted by molar-refractivity contribution is 5.55. The number of halogens is 1. The lowest BCUT2D eigenvalue weighted by Gasteiger charge is -2.37. The number of hydrogen-bond donors (Lipinski definition) is 1. The summed E-state index contributed by atoms with van der Waals surface area (Å²) in [5, 5.41) is 0. The van der Waals surface area contributed by atoms with Gasteiger partial charge in [0, 0.05) is 19.6 Å². The van der Waals surface area contributed by atoms with Crippen LogP contribution in [-0.2, 0) is 6.54 Å². The van der Waals surface area contributed by atoms with E-state index in [9.17, 15) is 4.39 Å². The molecule has 4 heteroatoms. The molecule has 0 bridgehead atoms. The second-order valence-electron chi connectivity index (χ2n) is 5.10. The maximum atomic E-state index is 14.0. The number of piperidine rings is 1. The largest absolute Gasteiger partial charge is 0.369 e. The highest BCUT2D eigenvalue weighted by Gasteiger charge is 2.23. The van der Waals surface area contributed by atoms with Gasteiger partial charge in [-0.1, -0.05) is 12.1 Å². The third kappa shape index (κ3) is 2.65. The molecule has 0 amide bonds. The Kier molecular flexibility index (Phi) is 4.19. The van der Waals surface area contributed by atoms with Crippen LogP contribution in [0.4, 0.5) is 10.1 Å². The van der Waals surface area contributed by atoms with Crippen LogP contribution in [0, 0.1) is 5.82 Å². The SMILES string of the molecule is CN1CCC(N(C)c2c(F)cccc2CN)CC1. The Morgan fingerprint density at radius 2 is 2.06 bits per heavy atom. The molecule has 2 rings (SSSR count). The molecule has 0 aliphatic carbocycles. The Hall–Kier alpha value is -1.13. The second kappa shape index (κ2) is 5.67. The van der Waals surface area contributed by atoms with Gasteiger partial charge in [0.05, 0.1) is 5.69 Å². The van der Waals surface area contributed by atoms with Crippen molar-refractivity contribution in [2.24, 2.45) is 5.73 Å². The number of hydrogen-bond acceptors (Lipinski definition) is 3. The fourth-order valence-corrected chi connectivity index (χ4v) is 2.68. The van der Waals surface area contributed by atoms with E-state index in [1.807, 2.05) is 13.1 Å². The molecule has 0 radical (unpaired) electrons. The zero-order chi connectivity index (χ0) is 13.1. The first kappa shape index (κ1) is 13.3. The van der Waals surface area contributed by atoms with E-state index in [1.165, 1.54) is 6.07 Å². The van der Waals surface area contributed by atoms with Gasteiger partial charge in [-0.25, -0.2) is 4.39 Å². The van der Waals surface area contributed by atoms with Crippen LogP contribution in [0.5, 0.6) is 0 Å². The van der Waals surface area contributed by atoms with Crippen LogP contribution in [-0.4, -0.2) is 38.1 Å². The molecule has 0 saturated carbocycles. The molecule has 1 aromatic rings. The van der Waals surface area contributed by atoms with E-state index >= 15 is 0 Å². The van der Waals surface area contributed by atoms with Crippen LogP contribution >= 0.6 is 0 Å². The van der Waals surface area contributed by atoms with Crippen molar-refractivity contribution in [1.82, 2.24) is 4.90 Å². The average molecular weight is 251 g/mol. The van der Waals surface area contributed by atoms with Crippen LogP contribution in [0.15, 0.2) is 18.2 Å². The minimum absolute atomic E-state index is 0.167. The van der Waals surface area contributed by atoms with Gasteiger partial charge in [-0.2, -0.15) is 0 Å². The molecule has 2 N–H and O–H groups in total. The van der Waals surface area contributed by atoms with E-state index in [0.29, 0.717) is 18.3 Å². The number of anilines is 1. The van der Waals surface area contributed by atoms with Crippen molar-refractivity contribution < 1.29 is 4.39 Å². The topological polar surface area (TPSA) is 32.5 Å². The highest BCUT2D eigenvalue weighted by Crippen LogP contribution is 2.27. The summed E-state index contributed by atoms with van der Waals surface area (Å²) in [7, 11) is 4.11. The Balaban J connectivity index is 2.20. The predicted molar refractivity (Wildman–Crippen MR) is 73.2 cm³/mol. The van der Waals surface area contributed by atoms with Crippen LogP contribution in [0.3, 0.4) is 0 Å². The van der Waals surface area contributed by atoms with Gasteiger partial charge < -0.3 is 15.5 Å². The van der Waals surface area contributed by atoms with Crippen LogP contribution in [0.2, 0.25) is 0 Å². The Bertz CT molecular complexity index is 400. The molecule has 18 heavy (non-hydrogen) atoms. The summed E-state index contributed by atoms with van der Waals surface area (Å²) >= 11 is 0. The van der Waals surface area contributed by atoms with Crippen molar-refractivity contribution in [3.05, 3.63) is 29.6 Å². The van der Waals surface area contributed by atoms with E-state index in [0.717, 1.165) is 31.5 Å². The number of benzene rings is 1. The lowest BCUT2D eigenvalue weighted by atomic mass is 10.0. The molecule has 0 spiro atoms. The number of rotatable bonds is 3. The van der Waals surface area contributed by atoms with Crippen molar-refractivity contribution in [3.8, 4) is 0 Å². The van der Waals surface area contributed by atoms with Gasteiger partial charge in [0.1, 0.15) is 5.82 Å². The fourth-order valence-electron chi connectivity index (χ4n) is 2.68. The first-order valence-corrected chi connectivity index (χ1v) is 6.52. The molecule has 1 heterocycles. The molecule has 0 atom stereocenters. The van der Waals surface area contributed by atoms with E-state index < -0.39 is 0 Å². The van der Waals surface area contributed by atoms with Gasteiger partial charge in [0.25, 0.3) is 0 Å². The van der Waals surface area contributed by atoms with Crippen LogP contribution < -0.4 is 10.6 Å². The number of para-hydroxylation sites is 1. The highest BCUT2D eigenvalue weighted by atomic mass is 19.1. The maximum absolute atomic E-state index is 14.0. The second-order valence-corrected chi connectivity index (χ2v) is 5.10. The van der Waals surface area contributed by atoms with Gasteiger partial charge in [0.2, 0.25) is 0 Å². The van der Waals surface area contributed by atoms with E-state index in [2.05, 4.69) is 16.8 Å². The fraction of sp³-hybridized carbons (Fsp3) is 0.571. The number of nitrogens with zero attached hydrogens (tertiary/aromatic N) is 2. The summed E-state index contributed by atoms with van der Waals surface area (Å²) in [4.78, 5) is 4.39. The van der Waals surface area contributed by atoms with E-state index in [-0.39, 0.29) is 5.82 Å². The molecule has 1 fully saturated rings. The molecule has 0 unspecified atom stereocenters. The third-order valence-electron chi connectivity index (χ3n) is 3.88. The summed E-state index contributed by atoms with van der Waals surface area (Å²) in [6.45, 7) is 2.52. The molecule has 0 aromatic heterocycles. The zero-order valence-electron chi connectivity index (χ0n) is 11.2. The van der Waals surface area contributed by atoms with Gasteiger partial charge in [-0.05, 0) is 44.6 Å². The van der Waals surface area contributed by atoms with Crippen LogP contribution in [0.1, 0.15) is 18.4 Å². The lowest BCUT2D eigenvalue weighted by molar-refractivity contribution is 0.252. The molecule has 1 aliphatic heterocycles. The molecule has 3 nitrogen and oxygen atoms in total. The smallest absolute Gasteiger partial charge is 0.146 e. The average Bonchev–Trinajstić information content (AvgIpc) is 2.38. The molecular formula is C14H22FN3. The molecule has 100 valence electrons.